The molecule has 0 radical (unpaired) electrons. The second-order valence-electron chi connectivity index (χ2n) is 9.08. The minimum absolute atomic E-state index is 0.0141. The van der Waals surface area contributed by atoms with E-state index in [2.05, 4.69) is 20.9 Å². The number of rotatable bonds is 5. The van der Waals surface area contributed by atoms with Crippen LogP contribution >= 0.6 is 0 Å². The van der Waals surface area contributed by atoms with Gasteiger partial charge in [-0.2, -0.15) is 5.26 Å². The van der Waals surface area contributed by atoms with Crippen LogP contribution in [0.5, 0.6) is 0 Å². The molecule has 0 spiro atoms. The minimum Gasteiger partial charge on any atom is -0.357 e. The summed E-state index contributed by atoms with van der Waals surface area (Å²) in [4.78, 5) is 16.8. The summed E-state index contributed by atoms with van der Waals surface area (Å²) < 4.78 is 13.7. The van der Waals surface area contributed by atoms with Crippen molar-refractivity contribution in [3.63, 3.8) is 0 Å². The van der Waals surface area contributed by atoms with Gasteiger partial charge in [-0.1, -0.05) is 18.2 Å². The Labute approximate surface area is 204 Å². The molecule has 8 heteroatoms. The van der Waals surface area contributed by atoms with E-state index < -0.39 is 0 Å². The van der Waals surface area contributed by atoms with E-state index in [0.29, 0.717) is 11.7 Å². The lowest BCUT2D eigenvalue weighted by Crippen LogP contribution is -2.33. The van der Waals surface area contributed by atoms with Crippen molar-refractivity contribution >= 4 is 17.7 Å². The summed E-state index contributed by atoms with van der Waals surface area (Å²) in [6.07, 6.45) is 8.89. The molecule has 2 saturated heterocycles. The average molecular weight is 470 g/mol. The van der Waals surface area contributed by atoms with Crippen molar-refractivity contribution in [3.8, 4) is 17.5 Å². The molecule has 2 aromatic heterocycles. The van der Waals surface area contributed by atoms with Crippen LogP contribution in [0.4, 0.5) is 10.2 Å². The maximum absolute atomic E-state index is 13.7. The fraction of sp³-hybridized carbons (Fsp3) is 0.333. The molecule has 35 heavy (non-hydrogen) atoms. The monoisotopic (exact) mass is 469 g/mol. The van der Waals surface area contributed by atoms with E-state index in [-0.39, 0.29) is 17.8 Å². The Balaban J connectivity index is 1.26. The van der Waals surface area contributed by atoms with Crippen molar-refractivity contribution in [1.29, 1.82) is 10.7 Å². The van der Waals surface area contributed by atoms with Gasteiger partial charge in [0, 0.05) is 25.6 Å². The van der Waals surface area contributed by atoms with E-state index >= 15 is 0 Å². The molecule has 1 atom stereocenters. The largest absolute Gasteiger partial charge is 0.357 e. The number of benzene rings is 1. The molecule has 1 aromatic carbocycles. The first-order valence-electron chi connectivity index (χ1n) is 12.1. The van der Waals surface area contributed by atoms with Crippen molar-refractivity contribution in [2.45, 2.75) is 31.7 Å². The van der Waals surface area contributed by atoms with E-state index in [4.69, 9.17) is 15.7 Å². The van der Waals surface area contributed by atoms with Crippen LogP contribution < -0.4 is 4.90 Å². The van der Waals surface area contributed by atoms with Crippen molar-refractivity contribution < 1.29 is 4.39 Å². The van der Waals surface area contributed by atoms with Crippen LogP contribution in [0.15, 0.2) is 54.7 Å². The van der Waals surface area contributed by atoms with Gasteiger partial charge >= 0.3 is 0 Å². The van der Waals surface area contributed by atoms with Gasteiger partial charge in [0.15, 0.2) is 0 Å². The zero-order valence-electron chi connectivity index (χ0n) is 19.5. The molecule has 1 unspecified atom stereocenters. The van der Waals surface area contributed by atoms with Crippen LogP contribution in [-0.4, -0.2) is 45.3 Å². The van der Waals surface area contributed by atoms with Crippen molar-refractivity contribution in [2.75, 3.05) is 24.5 Å². The first-order valence-corrected chi connectivity index (χ1v) is 12.1. The second kappa shape index (κ2) is 10.1. The average Bonchev–Trinajstić information content (AvgIpc) is 3.58. The lowest BCUT2D eigenvalue weighted by molar-refractivity contribution is 0.399. The molecule has 5 rings (SSSR count). The number of aromatic nitrogens is 3. The normalized spacial score (nSPS) is 18.8. The lowest BCUT2D eigenvalue weighted by atomic mass is 9.99. The summed E-state index contributed by atoms with van der Waals surface area (Å²) >= 11 is 0. The van der Waals surface area contributed by atoms with Gasteiger partial charge in [0.25, 0.3) is 0 Å². The first-order chi connectivity index (χ1) is 17.1. The van der Waals surface area contributed by atoms with Crippen molar-refractivity contribution in [3.05, 3.63) is 71.9 Å². The van der Waals surface area contributed by atoms with Crippen LogP contribution in [-0.2, 0) is 0 Å². The molecule has 4 heterocycles. The molecule has 7 nitrogen and oxygen atoms in total. The van der Waals surface area contributed by atoms with Crippen LogP contribution in [0.25, 0.3) is 17.5 Å². The van der Waals surface area contributed by atoms with Crippen LogP contribution in [0.1, 0.15) is 43.1 Å². The number of halogens is 1. The summed E-state index contributed by atoms with van der Waals surface area (Å²) in [5.41, 5.74) is 2.52. The van der Waals surface area contributed by atoms with Gasteiger partial charge in [-0.25, -0.2) is 14.4 Å². The maximum atomic E-state index is 13.7. The number of aromatic amines is 1. The summed E-state index contributed by atoms with van der Waals surface area (Å²) in [5.74, 6) is 1.83. The number of nitrogens with zero attached hydrogens (tertiary/aromatic N) is 5. The van der Waals surface area contributed by atoms with E-state index in [0.717, 1.165) is 68.1 Å². The van der Waals surface area contributed by atoms with Crippen LogP contribution in [0.2, 0.25) is 0 Å². The van der Waals surface area contributed by atoms with Gasteiger partial charge in [-0.05, 0) is 67.7 Å². The van der Waals surface area contributed by atoms with Crippen molar-refractivity contribution in [1.82, 2.24) is 19.9 Å². The zero-order chi connectivity index (χ0) is 24.2. The SMILES string of the molecule is N#CC1CCN(c2cccc(-c3cnc(C=CC(=N)N4CCCC4c4cccc(F)c4)[nH]3)n2)CC1. The van der Waals surface area contributed by atoms with Crippen LogP contribution in [0.3, 0.4) is 0 Å². The van der Waals surface area contributed by atoms with Crippen LogP contribution in [0, 0.1) is 28.5 Å². The maximum Gasteiger partial charge on any atom is 0.130 e. The Morgan fingerprint density at radius 2 is 1.97 bits per heavy atom. The smallest absolute Gasteiger partial charge is 0.130 e. The fourth-order valence-electron chi connectivity index (χ4n) is 4.91. The highest BCUT2D eigenvalue weighted by Gasteiger charge is 2.27. The molecule has 0 amide bonds. The predicted octanol–water partition coefficient (Wildman–Crippen LogP) is 5.18. The molecule has 0 bridgehead atoms. The number of amidine groups is 1. The minimum atomic E-state index is -0.246. The topological polar surface area (TPSA) is 95.7 Å². The van der Waals surface area contributed by atoms with Gasteiger partial charge in [-0.15, -0.1) is 0 Å². The molecular formula is C27H28FN7. The summed E-state index contributed by atoms with van der Waals surface area (Å²) in [5, 5.41) is 17.7. The summed E-state index contributed by atoms with van der Waals surface area (Å²) in [7, 11) is 0. The number of likely N-dealkylation sites (tertiary alicyclic amines) is 1. The highest BCUT2D eigenvalue weighted by atomic mass is 19.1. The number of piperidine rings is 1. The molecule has 2 aliphatic heterocycles. The fourth-order valence-corrected chi connectivity index (χ4v) is 4.91. The van der Waals surface area contributed by atoms with Gasteiger partial charge < -0.3 is 14.8 Å². The number of hydrogen-bond donors (Lipinski definition) is 2. The zero-order valence-corrected chi connectivity index (χ0v) is 19.5. The third-order valence-corrected chi connectivity index (χ3v) is 6.80. The predicted molar refractivity (Wildman–Crippen MR) is 134 cm³/mol. The number of H-pyrrole nitrogens is 1. The summed E-state index contributed by atoms with van der Waals surface area (Å²) in [6, 6.07) is 15.0. The van der Waals surface area contributed by atoms with E-state index in [1.54, 1.807) is 30.5 Å². The van der Waals surface area contributed by atoms with E-state index in [1.165, 1.54) is 6.07 Å². The quantitative estimate of drug-likeness (QED) is 0.397. The number of pyridine rings is 1. The Bertz CT molecular complexity index is 1270. The standard InChI is InChI=1S/C27H28FN7/c28-21-5-1-4-20(16-21)24-7-3-13-35(24)25(30)9-10-26-31-18-23(32-26)22-6-2-8-27(33-22)34-14-11-19(17-29)12-15-34/h1-2,4-6,8-10,16,18-19,24,30H,3,7,11-15H2,(H,31,32). The number of hydrogen-bond acceptors (Lipinski definition) is 5. The lowest BCUT2D eigenvalue weighted by Gasteiger charge is -2.30. The molecule has 2 fully saturated rings. The molecule has 0 aliphatic carbocycles. The Kier molecular flexibility index (Phi) is 6.57. The van der Waals surface area contributed by atoms with E-state index in [9.17, 15) is 4.39 Å². The number of imidazole rings is 1. The van der Waals surface area contributed by atoms with Crippen molar-refractivity contribution in [2.24, 2.45) is 5.92 Å². The number of nitrogens with one attached hydrogen (secondary N) is 2. The number of nitriles is 1. The molecule has 2 N–H and O–H groups in total. The molecule has 178 valence electrons. The Hall–Kier alpha value is -3.99. The molecule has 3 aromatic rings. The second-order valence-corrected chi connectivity index (χ2v) is 9.08. The first kappa shape index (κ1) is 22.8. The highest BCUT2D eigenvalue weighted by molar-refractivity contribution is 5.94. The van der Waals surface area contributed by atoms with Gasteiger partial charge in [-0.3, -0.25) is 5.41 Å². The third-order valence-electron chi connectivity index (χ3n) is 6.80. The Morgan fingerprint density at radius 1 is 1.14 bits per heavy atom. The number of anilines is 1. The Morgan fingerprint density at radius 3 is 2.77 bits per heavy atom. The van der Waals surface area contributed by atoms with Gasteiger partial charge in [0.05, 0.1) is 29.7 Å². The van der Waals surface area contributed by atoms with Gasteiger partial charge in [0.1, 0.15) is 23.3 Å². The van der Waals surface area contributed by atoms with Gasteiger partial charge in [0.2, 0.25) is 0 Å². The molecular weight excluding hydrogens is 441 g/mol. The summed E-state index contributed by atoms with van der Waals surface area (Å²) in [6.45, 7) is 2.44. The van der Waals surface area contributed by atoms with E-state index in [1.807, 2.05) is 29.2 Å². The highest BCUT2D eigenvalue weighted by Crippen LogP contribution is 2.32. The third kappa shape index (κ3) is 5.09. The molecule has 0 saturated carbocycles. The molecule has 2 aliphatic rings.